The van der Waals surface area contributed by atoms with Crippen LogP contribution in [0.4, 0.5) is 0 Å². The molecule has 0 aliphatic heterocycles. The van der Waals surface area contributed by atoms with Gasteiger partial charge < -0.3 is 0 Å². The molecular weight excluding hydrogens is 200 g/mol. The first-order valence-electron chi connectivity index (χ1n) is 5.65. The lowest BCUT2D eigenvalue weighted by atomic mass is 10.2. The average Bonchev–Trinajstić information content (AvgIpc) is 2.82. The van der Waals surface area contributed by atoms with E-state index in [0.717, 1.165) is 36.2 Å². The van der Waals surface area contributed by atoms with Crippen molar-refractivity contribution in [3.8, 4) is 5.69 Å². The highest BCUT2D eigenvalue weighted by Crippen LogP contribution is 2.18. The Morgan fingerprint density at radius 1 is 1.31 bits per heavy atom. The fourth-order valence-electron chi connectivity index (χ4n) is 2.37. The van der Waals surface area contributed by atoms with Crippen LogP contribution in [0.3, 0.4) is 0 Å². The van der Waals surface area contributed by atoms with E-state index in [9.17, 15) is 4.79 Å². The summed E-state index contributed by atoms with van der Waals surface area (Å²) in [5.41, 5.74) is 4.31. The average molecular weight is 214 g/mol. The smallest absolute Gasteiger partial charge is 0.274 e. The summed E-state index contributed by atoms with van der Waals surface area (Å²) in [5, 5.41) is 3.21. The van der Waals surface area contributed by atoms with Gasteiger partial charge in [-0.05, 0) is 43.9 Å². The summed E-state index contributed by atoms with van der Waals surface area (Å²) in [7, 11) is 0. The number of aryl methyl sites for hydroxylation is 2. The van der Waals surface area contributed by atoms with E-state index in [4.69, 9.17) is 0 Å². The van der Waals surface area contributed by atoms with Crippen LogP contribution < -0.4 is 5.56 Å². The van der Waals surface area contributed by atoms with Gasteiger partial charge in [-0.25, -0.2) is 4.68 Å². The molecule has 0 radical (unpaired) electrons. The number of benzene rings is 1. The van der Waals surface area contributed by atoms with Crippen molar-refractivity contribution in [2.75, 3.05) is 0 Å². The second kappa shape index (κ2) is 3.37. The van der Waals surface area contributed by atoms with E-state index in [0.29, 0.717) is 0 Å². The van der Waals surface area contributed by atoms with Crippen molar-refractivity contribution in [1.29, 1.82) is 0 Å². The summed E-state index contributed by atoms with van der Waals surface area (Å²) in [6.45, 7) is 2.03. The van der Waals surface area contributed by atoms with Crippen LogP contribution in [0, 0.1) is 6.92 Å². The molecule has 16 heavy (non-hydrogen) atoms. The lowest BCUT2D eigenvalue weighted by molar-refractivity contribution is 0.779. The molecule has 3 heteroatoms. The molecule has 1 aromatic heterocycles. The van der Waals surface area contributed by atoms with Gasteiger partial charge in [0.25, 0.3) is 5.56 Å². The molecule has 3 rings (SSSR count). The fraction of sp³-hybridized carbons (Fsp3) is 0.308. The summed E-state index contributed by atoms with van der Waals surface area (Å²) in [5.74, 6) is 0. The van der Waals surface area contributed by atoms with Crippen molar-refractivity contribution in [2.45, 2.75) is 26.2 Å². The lowest BCUT2D eigenvalue weighted by Crippen LogP contribution is -2.17. The van der Waals surface area contributed by atoms with Gasteiger partial charge >= 0.3 is 0 Å². The van der Waals surface area contributed by atoms with Crippen molar-refractivity contribution >= 4 is 0 Å². The Kier molecular flexibility index (Phi) is 1.99. The Morgan fingerprint density at radius 2 is 2.19 bits per heavy atom. The predicted molar refractivity (Wildman–Crippen MR) is 63.2 cm³/mol. The van der Waals surface area contributed by atoms with Crippen LogP contribution in [0.2, 0.25) is 0 Å². The number of hydrogen-bond donors (Lipinski definition) is 1. The van der Waals surface area contributed by atoms with Crippen LogP contribution >= 0.6 is 0 Å². The molecule has 0 unspecified atom stereocenters. The summed E-state index contributed by atoms with van der Waals surface area (Å²) in [4.78, 5) is 12.1. The van der Waals surface area contributed by atoms with E-state index in [-0.39, 0.29) is 5.56 Å². The second-order valence-corrected chi connectivity index (χ2v) is 4.40. The predicted octanol–water partition coefficient (Wildman–Crippen LogP) is 1.96. The Bertz CT molecular complexity index is 592. The summed E-state index contributed by atoms with van der Waals surface area (Å²) in [6.07, 6.45) is 3.03. The number of nitrogens with one attached hydrogen (secondary N) is 1. The maximum atomic E-state index is 12.1. The molecule has 3 nitrogen and oxygen atoms in total. The molecule has 1 aliphatic carbocycles. The van der Waals surface area contributed by atoms with Gasteiger partial charge in [-0.15, -0.1) is 0 Å². The van der Waals surface area contributed by atoms with Crippen LogP contribution in [-0.4, -0.2) is 9.78 Å². The quantitative estimate of drug-likeness (QED) is 0.774. The molecule has 1 aromatic carbocycles. The minimum Gasteiger partial charge on any atom is -0.295 e. The Morgan fingerprint density at radius 3 is 2.94 bits per heavy atom. The topological polar surface area (TPSA) is 37.8 Å². The third kappa shape index (κ3) is 1.32. The number of aromatic amines is 1. The van der Waals surface area contributed by atoms with Gasteiger partial charge in [-0.3, -0.25) is 9.89 Å². The molecule has 0 fully saturated rings. The van der Waals surface area contributed by atoms with Crippen molar-refractivity contribution in [1.82, 2.24) is 9.78 Å². The number of aromatic nitrogens is 2. The van der Waals surface area contributed by atoms with E-state index in [1.165, 1.54) is 5.56 Å². The molecule has 82 valence electrons. The molecule has 0 amide bonds. The lowest BCUT2D eigenvalue weighted by Gasteiger charge is -2.03. The second-order valence-electron chi connectivity index (χ2n) is 4.40. The zero-order valence-electron chi connectivity index (χ0n) is 9.29. The highest BCUT2D eigenvalue weighted by atomic mass is 16.1. The molecule has 1 N–H and O–H groups in total. The van der Waals surface area contributed by atoms with Crippen molar-refractivity contribution < 1.29 is 0 Å². The molecule has 2 aromatic rings. The van der Waals surface area contributed by atoms with E-state index < -0.39 is 0 Å². The summed E-state index contributed by atoms with van der Waals surface area (Å²) >= 11 is 0. The van der Waals surface area contributed by atoms with Gasteiger partial charge in [0.15, 0.2) is 0 Å². The fourth-order valence-corrected chi connectivity index (χ4v) is 2.37. The Balaban J connectivity index is 2.18. The molecule has 0 spiro atoms. The van der Waals surface area contributed by atoms with Gasteiger partial charge in [0.2, 0.25) is 0 Å². The van der Waals surface area contributed by atoms with Crippen molar-refractivity contribution in [3.63, 3.8) is 0 Å². The zero-order chi connectivity index (χ0) is 11.1. The van der Waals surface area contributed by atoms with Crippen molar-refractivity contribution in [2.24, 2.45) is 0 Å². The Hall–Kier alpha value is -1.77. The third-order valence-corrected chi connectivity index (χ3v) is 3.19. The first-order chi connectivity index (χ1) is 7.75. The van der Waals surface area contributed by atoms with E-state index in [2.05, 4.69) is 5.10 Å². The zero-order valence-corrected chi connectivity index (χ0v) is 9.29. The first kappa shape index (κ1) is 9.46. The largest absolute Gasteiger partial charge is 0.295 e. The highest BCUT2D eigenvalue weighted by molar-refractivity contribution is 5.37. The SMILES string of the molecule is Cc1cccc(-n2[nH]c3c(c2=O)CCC3)c1. The normalized spacial score (nSPS) is 14.1. The van der Waals surface area contributed by atoms with Crippen LogP contribution in [0.5, 0.6) is 0 Å². The molecule has 0 atom stereocenters. The molecular formula is C13H14N2O. The number of fused-ring (bicyclic) bond motifs is 1. The Labute approximate surface area is 93.7 Å². The van der Waals surface area contributed by atoms with Gasteiger partial charge in [0, 0.05) is 11.3 Å². The minimum atomic E-state index is 0.123. The van der Waals surface area contributed by atoms with Gasteiger partial charge in [0.05, 0.1) is 5.69 Å². The van der Waals surface area contributed by atoms with Gasteiger partial charge in [-0.2, -0.15) is 0 Å². The molecule has 1 heterocycles. The monoisotopic (exact) mass is 214 g/mol. The van der Waals surface area contributed by atoms with E-state index >= 15 is 0 Å². The molecule has 0 bridgehead atoms. The van der Waals surface area contributed by atoms with Crippen LogP contribution in [-0.2, 0) is 12.8 Å². The number of rotatable bonds is 1. The standard InChI is InChI=1S/C13H14N2O/c1-9-4-2-5-10(8-9)15-13(16)11-6-3-7-12(11)14-15/h2,4-5,8,14H,3,6-7H2,1H3. The summed E-state index contributed by atoms with van der Waals surface area (Å²) < 4.78 is 1.66. The summed E-state index contributed by atoms with van der Waals surface area (Å²) in [6, 6.07) is 7.99. The van der Waals surface area contributed by atoms with E-state index in [1.807, 2.05) is 31.2 Å². The number of H-pyrrole nitrogens is 1. The van der Waals surface area contributed by atoms with Gasteiger partial charge in [-0.1, -0.05) is 12.1 Å². The van der Waals surface area contributed by atoms with Crippen molar-refractivity contribution in [3.05, 3.63) is 51.4 Å². The maximum Gasteiger partial charge on any atom is 0.274 e. The highest BCUT2D eigenvalue weighted by Gasteiger charge is 2.19. The van der Waals surface area contributed by atoms with Crippen LogP contribution in [0.25, 0.3) is 5.69 Å². The first-order valence-corrected chi connectivity index (χ1v) is 5.65. The minimum absolute atomic E-state index is 0.123. The van der Waals surface area contributed by atoms with Crippen LogP contribution in [0.1, 0.15) is 23.2 Å². The van der Waals surface area contributed by atoms with E-state index in [1.54, 1.807) is 4.68 Å². The number of hydrogen-bond acceptors (Lipinski definition) is 1. The maximum absolute atomic E-state index is 12.1. The molecule has 0 saturated carbocycles. The molecule has 0 saturated heterocycles. The third-order valence-electron chi connectivity index (χ3n) is 3.19. The van der Waals surface area contributed by atoms with Crippen LogP contribution in [0.15, 0.2) is 29.1 Å². The molecule has 1 aliphatic rings. The van der Waals surface area contributed by atoms with Gasteiger partial charge in [0.1, 0.15) is 0 Å². The number of nitrogens with zero attached hydrogens (tertiary/aromatic N) is 1.